The van der Waals surface area contributed by atoms with Gasteiger partial charge < -0.3 is 4.74 Å². The normalized spacial score (nSPS) is 24.9. The summed E-state index contributed by atoms with van der Waals surface area (Å²) in [7, 11) is 0. The molecular formula is C32H41F3O. The third kappa shape index (κ3) is 6.55. The highest BCUT2D eigenvalue weighted by Gasteiger charge is 2.30. The second-order valence-corrected chi connectivity index (χ2v) is 10.8. The molecule has 0 bridgehead atoms. The topological polar surface area (TPSA) is 9.23 Å². The van der Waals surface area contributed by atoms with Gasteiger partial charge in [0.2, 0.25) is 0 Å². The molecule has 2 saturated carbocycles. The molecule has 0 saturated heterocycles. The fourth-order valence-corrected chi connectivity index (χ4v) is 6.50. The van der Waals surface area contributed by atoms with Gasteiger partial charge in [-0.15, -0.1) is 0 Å². The van der Waals surface area contributed by atoms with E-state index in [1.54, 1.807) is 42.5 Å². The number of ether oxygens (including phenoxy) is 1. The molecule has 2 aliphatic carbocycles. The Morgan fingerprint density at radius 3 is 2.08 bits per heavy atom. The van der Waals surface area contributed by atoms with E-state index in [2.05, 4.69) is 6.92 Å². The Bertz CT molecular complexity index is 981. The largest absolute Gasteiger partial charge is 0.494 e. The first-order valence-corrected chi connectivity index (χ1v) is 14.0. The van der Waals surface area contributed by atoms with Crippen molar-refractivity contribution in [2.75, 3.05) is 6.61 Å². The molecule has 2 aromatic rings. The van der Waals surface area contributed by atoms with Crippen LogP contribution in [0.5, 0.6) is 5.75 Å². The molecule has 36 heavy (non-hydrogen) atoms. The Hall–Kier alpha value is -2.23. The predicted molar refractivity (Wildman–Crippen MR) is 143 cm³/mol. The quantitative estimate of drug-likeness (QED) is 0.334. The molecule has 1 nitrogen and oxygen atoms in total. The summed E-state index contributed by atoms with van der Waals surface area (Å²) in [6.45, 7) is 4.71. The van der Waals surface area contributed by atoms with E-state index >= 15 is 4.39 Å². The van der Waals surface area contributed by atoms with Gasteiger partial charge in [-0.3, -0.25) is 0 Å². The van der Waals surface area contributed by atoms with Gasteiger partial charge in [0.15, 0.2) is 0 Å². The lowest BCUT2D eigenvalue weighted by Crippen LogP contribution is -2.25. The molecule has 0 unspecified atom stereocenters. The van der Waals surface area contributed by atoms with Crippen LogP contribution in [0.4, 0.5) is 13.2 Å². The van der Waals surface area contributed by atoms with Crippen molar-refractivity contribution >= 4 is 6.08 Å². The SMILES string of the molecule is CCCC1CCC(C2CCC(/C=C/c3ccc(-c4ccc(OCC)cc4)c(F)c3C(F)F)CC2)CC1. The van der Waals surface area contributed by atoms with Crippen LogP contribution in [0.25, 0.3) is 17.2 Å². The van der Waals surface area contributed by atoms with Crippen molar-refractivity contribution in [2.24, 2.45) is 23.7 Å². The zero-order valence-electron chi connectivity index (χ0n) is 21.8. The first-order chi connectivity index (χ1) is 17.5. The van der Waals surface area contributed by atoms with Crippen LogP contribution in [0.15, 0.2) is 42.5 Å². The average Bonchev–Trinajstić information content (AvgIpc) is 2.89. The maximum Gasteiger partial charge on any atom is 0.267 e. The molecule has 2 fully saturated rings. The molecule has 0 amide bonds. The first-order valence-electron chi connectivity index (χ1n) is 14.0. The van der Waals surface area contributed by atoms with Crippen LogP contribution in [0, 0.1) is 29.5 Å². The van der Waals surface area contributed by atoms with Crippen molar-refractivity contribution in [1.82, 2.24) is 0 Å². The summed E-state index contributed by atoms with van der Waals surface area (Å²) in [6.07, 6.45) is 13.8. The molecule has 2 aromatic carbocycles. The molecule has 0 aliphatic heterocycles. The lowest BCUT2D eigenvalue weighted by molar-refractivity contribution is 0.146. The van der Waals surface area contributed by atoms with E-state index in [0.717, 1.165) is 30.6 Å². The standard InChI is InChI=1S/C32H41F3O/c1-3-5-22-6-11-24(12-7-22)25-13-8-23(9-14-25)10-15-27-18-21-29(31(33)30(27)32(34)35)26-16-19-28(20-17-26)36-4-2/h10,15-25,32H,3-9,11-14H2,1-2H3/b15-10+. The Morgan fingerprint density at radius 2 is 1.50 bits per heavy atom. The Kier molecular flexibility index (Phi) is 9.56. The molecule has 0 heterocycles. The summed E-state index contributed by atoms with van der Waals surface area (Å²) >= 11 is 0. The van der Waals surface area contributed by atoms with Crippen LogP contribution in [-0.2, 0) is 0 Å². The number of benzene rings is 2. The lowest BCUT2D eigenvalue weighted by atomic mass is 9.68. The van der Waals surface area contributed by atoms with Gasteiger partial charge in [-0.05, 0) is 92.4 Å². The minimum absolute atomic E-state index is 0.194. The van der Waals surface area contributed by atoms with Gasteiger partial charge in [-0.2, -0.15) is 0 Å². The van der Waals surface area contributed by atoms with Crippen molar-refractivity contribution in [3.63, 3.8) is 0 Å². The van der Waals surface area contributed by atoms with E-state index in [1.165, 1.54) is 51.4 Å². The monoisotopic (exact) mass is 498 g/mol. The van der Waals surface area contributed by atoms with Crippen LogP contribution < -0.4 is 4.74 Å². The van der Waals surface area contributed by atoms with Crippen molar-refractivity contribution < 1.29 is 17.9 Å². The van der Waals surface area contributed by atoms with E-state index in [1.807, 2.05) is 13.0 Å². The lowest BCUT2D eigenvalue weighted by Gasteiger charge is -2.37. The summed E-state index contributed by atoms with van der Waals surface area (Å²) in [5.74, 6) is 2.86. The van der Waals surface area contributed by atoms with E-state index in [-0.39, 0.29) is 11.1 Å². The summed E-state index contributed by atoms with van der Waals surface area (Å²) in [5.41, 5.74) is 0.541. The molecule has 0 aromatic heterocycles. The van der Waals surface area contributed by atoms with Crippen LogP contribution in [0.3, 0.4) is 0 Å². The number of rotatable bonds is 9. The van der Waals surface area contributed by atoms with Crippen molar-refractivity contribution in [1.29, 1.82) is 0 Å². The van der Waals surface area contributed by atoms with Crippen molar-refractivity contribution in [2.45, 2.75) is 84.5 Å². The number of hydrogen-bond acceptors (Lipinski definition) is 1. The van der Waals surface area contributed by atoms with Crippen LogP contribution >= 0.6 is 0 Å². The zero-order valence-corrected chi connectivity index (χ0v) is 21.8. The Balaban J connectivity index is 1.39. The molecule has 4 rings (SSSR count). The summed E-state index contributed by atoms with van der Waals surface area (Å²) in [6, 6.07) is 10.1. The Labute approximate surface area is 215 Å². The highest BCUT2D eigenvalue weighted by atomic mass is 19.3. The molecule has 196 valence electrons. The fraction of sp³-hybridized carbons (Fsp3) is 0.562. The maximum absolute atomic E-state index is 15.3. The van der Waals surface area contributed by atoms with Crippen molar-refractivity contribution in [3.8, 4) is 16.9 Å². The zero-order chi connectivity index (χ0) is 25.5. The second kappa shape index (κ2) is 12.8. The minimum Gasteiger partial charge on any atom is -0.494 e. The highest BCUT2D eigenvalue weighted by molar-refractivity contribution is 5.69. The van der Waals surface area contributed by atoms with Gasteiger partial charge in [0.05, 0.1) is 12.2 Å². The van der Waals surface area contributed by atoms with E-state index < -0.39 is 17.8 Å². The first kappa shape index (κ1) is 26.8. The minimum atomic E-state index is -2.87. The third-order valence-electron chi connectivity index (χ3n) is 8.53. The van der Waals surface area contributed by atoms with Gasteiger partial charge in [-0.25, -0.2) is 13.2 Å². The molecule has 0 N–H and O–H groups in total. The molecule has 0 spiro atoms. The summed E-state index contributed by atoms with van der Waals surface area (Å²) in [5, 5.41) is 0. The van der Waals surface area contributed by atoms with Crippen LogP contribution in [0.2, 0.25) is 0 Å². The highest BCUT2D eigenvalue weighted by Crippen LogP contribution is 2.43. The van der Waals surface area contributed by atoms with E-state index in [4.69, 9.17) is 4.74 Å². The van der Waals surface area contributed by atoms with Crippen LogP contribution in [-0.4, -0.2) is 6.61 Å². The molecule has 4 heteroatoms. The second-order valence-electron chi connectivity index (χ2n) is 10.8. The molecule has 2 aliphatic rings. The van der Waals surface area contributed by atoms with Crippen LogP contribution in [0.1, 0.15) is 95.6 Å². The van der Waals surface area contributed by atoms with Crippen molar-refractivity contribution in [3.05, 3.63) is 59.4 Å². The number of halogens is 3. The van der Waals surface area contributed by atoms with Gasteiger partial charge in [0.25, 0.3) is 6.43 Å². The molecule has 0 atom stereocenters. The number of alkyl halides is 2. The summed E-state index contributed by atoms with van der Waals surface area (Å²) in [4.78, 5) is 0. The maximum atomic E-state index is 15.3. The van der Waals surface area contributed by atoms with Gasteiger partial charge in [0, 0.05) is 5.56 Å². The summed E-state index contributed by atoms with van der Waals surface area (Å²) < 4.78 is 48.6. The smallest absolute Gasteiger partial charge is 0.267 e. The van der Waals surface area contributed by atoms with Gasteiger partial charge >= 0.3 is 0 Å². The Morgan fingerprint density at radius 1 is 0.861 bits per heavy atom. The third-order valence-corrected chi connectivity index (χ3v) is 8.53. The van der Waals surface area contributed by atoms with Gasteiger partial charge in [-0.1, -0.05) is 69.0 Å². The number of allylic oxidation sites excluding steroid dienone is 1. The van der Waals surface area contributed by atoms with E-state index in [9.17, 15) is 8.78 Å². The molecule has 0 radical (unpaired) electrons. The molecular weight excluding hydrogens is 457 g/mol. The van der Waals surface area contributed by atoms with E-state index in [0.29, 0.717) is 23.8 Å². The fourth-order valence-electron chi connectivity index (χ4n) is 6.50. The van der Waals surface area contributed by atoms with Gasteiger partial charge in [0.1, 0.15) is 11.6 Å². The number of hydrogen-bond donors (Lipinski definition) is 0. The average molecular weight is 499 g/mol. The predicted octanol–water partition coefficient (Wildman–Crippen LogP) is 10.3.